The molecule has 7 nitrogen and oxygen atoms in total. The summed E-state index contributed by atoms with van der Waals surface area (Å²) in [4.78, 5) is 50.3. The Bertz CT molecular complexity index is 1110. The number of imide groups is 1. The zero-order valence-corrected chi connectivity index (χ0v) is 20.0. The highest BCUT2D eigenvalue weighted by Crippen LogP contribution is 2.35. The summed E-state index contributed by atoms with van der Waals surface area (Å²) in [7, 11) is 0. The van der Waals surface area contributed by atoms with E-state index in [1.165, 1.54) is 6.08 Å². The first kappa shape index (κ1) is 23.7. The number of thioether (sulfide) groups is 1. The standard InChI is InChI=1S/C23H20BrNO6S/c1-13(2)30-20(26)12-25-21(27)19(32-23(25)29)11-16-10-17(24)8-9-18(16)31-22(28)15-6-4-14(3)5-7-15/h4-11,13H,12H2,1-3H3/b19-11-. The quantitative estimate of drug-likeness (QED) is 0.303. The number of carbonyl (C=O) groups is 4. The third kappa shape index (κ3) is 5.86. The number of hydrogen-bond donors (Lipinski definition) is 0. The summed E-state index contributed by atoms with van der Waals surface area (Å²) in [5.41, 5.74) is 1.82. The predicted octanol–water partition coefficient (Wildman–Crippen LogP) is 4.96. The van der Waals surface area contributed by atoms with Gasteiger partial charge in [-0.1, -0.05) is 33.6 Å². The Morgan fingerprint density at radius 2 is 1.81 bits per heavy atom. The van der Waals surface area contributed by atoms with Gasteiger partial charge in [0.2, 0.25) is 0 Å². The van der Waals surface area contributed by atoms with Crippen LogP contribution in [0.2, 0.25) is 0 Å². The van der Waals surface area contributed by atoms with E-state index >= 15 is 0 Å². The summed E-state index contributed by atoms with van der Waals surface area (Å²) in [6.45, 7) is 4.81. The van der Waals surface area contributed by atoms with Gasteiger partial charge in [0.1, 0.15) is 12.3 Å². The third-order valence-electron chi connectivity index (χ3n) is 4.28. The molecule has 0 unspecified atom stereocenters. The van der Waals surface area contributed by atoms with Crippen molar-refractivity contribution in [3.63, 3.8) is 0 Å². The van der Waals surface area contributed by atoms with Crippen LogP contribution in [0.5, 0.6) is 5.75 Å². The molecule has 0 spiro atoms. The molecule has 0 saturated carbocycles. The van der Waals surface area contributed by atoms with Crippen molar-refractivity contribution in [3.8, 4) is 5.75 Å². The number of aryl methyl sites for hydroxylation is 1. The Hall–Kier alpha value is -2.91. The molecule has 2 amide bonds. The highest BCUT2D eigenvalue weighted by atomic mass is 79.9. The Balaban J connectivity index is 1.83. The van der Waals surface area contributed by atoms with E-state index in [4.69, 9.17) is 9.47 Å². The molecule has 1 heterocycles. The molecule has 0 radical (unpaired) electrons. The minimum absolute atomic E-state index is 0.109. The number of rotatable bonds is 6. The molecule has 3 rings (SSSR count). The number of amides is 2. The zero-order chi connectivity index (χ0) is 23.4. The molecule has 166 valence electrons. The average Bonchev–Trinajstić information content (AvgIpc) is 2.97. The van der Waals surface area contributed by atoms with Gasteiger partial charge in [-0.3, -0.25) is 19.3 Å². The van der Waals surface area contributed by atoms with Gasteiger partial charge in [0, 0.05) is 10.0 Å². The summed E-state index contributed by atoms with van der Waals surface area (Å²) in [6, 6.07) is 11.9. The maximum Gasteiger partial charge on any atom is 0.343 e. The number of hydrogen-bond acceptors (Lipinski definition) is 7. The minimum atomic E-state index is -0.668. The Morgan fingerprint density at radius 3 is 2.47 bits per heavy atom. The molecule has 0 bridgehead atoms. The van der Waals surface area contributed by atoms with Crippen LogP contribution in [-0.4, -0.2) is 40.6 Å². The molecule has 0 N–H and O–H groups in total. The van der Waals surface area contributed by atoms with Gasteiger partial charge in [0.25, 0.3) is 11.1 Å². The molecular weight excluding hydrogens is 498 g/mol. The van der Waals surface area contributed by atoms with Gasteiger partial charge in [-0.15, -0.1) is 0 Å². The van der Waals surface area contributed by atoms with E-state index in [2.05, 4.69) is 15.9 Å². The fourth-order valence-corrected chi connectivity index (χ4v) is 3.99. The van der Waals surface area contributed by atoms with Crippen molar-refractivity contribution in [1.29, 1.82) is 0 Å². The highest BCUT2D eigenvalue weighted by molar-refractivity contribution is 9.10. The number of halogens is 1. The summed E-state index contributed by atoms with van der Waals surface area (Å²) >= 11 is 4.06. The fraction of sp³-hybridized carbons (Fsp3) is 0.217. The molecule has 1 aliphatic heterocycles. The zero-order valence-electron chi connectivity index (χ0n) is 17.6. The van der Waals surface area contributed by atoms with E-state index in [0.29, 0.717) is 27.4 Å². The lowest BCUT2D eigenvalue weighted by Gasteiger charge is -2.13. The number of nitrogens with zero attached hydrogens (tertiary/aromatic N) is 1. The predicted molar refractivity (Wildman–Crippen MR) is 124 cm³/mol. The maximum absolute atomic E-state index is 12.7. The number of benzene rings is 2. The van der Waals surface area contributed by atoms with E-state index < -0.39 is 29.6 Å². The monoisotopic (exact) mass is 517 g/mol. The Morgan fingerprint density at radius 1 is 1.12 bits per heavy atom. The lowest BCUT2D eigenvalue weighted by molar-refractivity contribution is -0.149. The SMILES string of the molecule is Cc1ccc(C(=O)Oc2ccc(Br)cc2/C=C2\SC(=O)N(CC(=O)OC(C)C)C2=O)cc1. The molecule has 1 saturated heterocycles. The smallest absolute Gasteiger partial charge is 0.343 e. The van der Waals surface area contributed by atoms with E-state index in [0.717, 1.165) is 10.5 Å². The molecule has 2 aromatic rings. The van der Waals surface area contributed by atoms with Crippen LogP contribution in [0.4, 0.5) is 4.79 Å². The van der Waals surface area contributed by atoms with Crippen LogP contribution in [-0.2, 0) is 14.3 Å². The second-order valence-electron chi connectivity index (χ2n) is 7.24. The van der Waals surface area contributed by atoms with E-state index in [9.17, 15) is 19.2 Å². The van der Waals surface area contributed by atoms with E-state index in [1.54, 1.807) is 56.3 Å². The van der Waals surface area contributed by atoms with Crippen molar-refractivity contribution in [1.82, 2.24) is 4.90 Å². The number of esters is 2. The van der Waals surface area contributed by atoms with Crippen molar-refractivity contribution in [2.24, 2.45) is 0 Å². The highest BCUT2D eigenvalue weighted by Gasteiger charge is 2.37. The maximum atomic E-state index is 12.7. The lowest BCUT2D eigenvalue weighted by atomic mass is 10.1. The first-order valence-electron chi connectivity index (χ1n) is 9.67. The van der Waals surface area contributed by atoms with Crippen LogP contribution in [0, 0.1) is 6.92 Å². The van der Waals surface area contributed by atoms with Crippen LogP contribution in [0.3, 0.4) is 0 Å². The Kier molecular flexibility index (Phi) is 7.52. The van der Waals surface area contributed by atoms with E-state index in [-0.39, 0.29) is 16.8 Å². The van der Waals surface area contributed by atoms with Crippen LogP contribution < -0.4 is 4.74 Å². The normalized spacial score (nSPS) is 14.9. The van der Waals surface area contributed by atoms with Gasteiger partial charge in [0.15, 0.2) is 0 Å². The summed E-state index contributed by atoms with van der Waals surface area (Å²) in [5, 5.41) is -0.574. The summed E-state index contributed by atoms with van der Waals surface area (Å²) < 4.78 is 11.2. The largest absolute Gasteiger partial charge is 0.462 e. The van der Waals surface area contributed by atoms with Crippen LogP contribution in [0.15, 0.2) is 51.8 Å². The first-order valence-corrected chi connectivity index (χ1v) is 11.3. The molecule has 0 atom stereocenters. The third-order valence-corrected chi connectivity index (χ3v) is 5.68. The van der Waals surface area contributed by atoms with Gasteiger partial charge < -0.3 is 9.47 Å². The minimum Gasteiger partial charge on any atom is -0.462 e. The van der Waals surface area contributed by atoms with Crippen molar-refractivity contribution >= 4 is 56.9 Å². The second-order valence-corrected chi connectivity index (χ2v) is 9.15. The number of carbonyl (C=O) groups excluding carboxylic acids is 4. The molecular formula is C23H20BrNO6S. The summed E-state index contributed by atoms with van der Waals surface area (Å²) in [5.74, 6) is -1.61. The lowest BCUT2D eigenvalue weighted by Crippen LogP contribution is -2.35. The van der Waals surface area contributed by atoms with Crippen molar-refractivity contribution in [3.05, 3.63) is 68.5 Å². The van der Waals surface area contributed by atoms with Crippen LogP contribution >= 0.6 is 27.7 Å². The topological polar surface area (TPSA) is 90.0 Å². The van der Waals surface area contributed by atoms with Crippen molar-refractivity contribution < 1.29 is 28.7 Å². The van der Waals surface area contributed by atoms with Crippen molar-refractivity contribution in [2.75, 3.05) is 6.54 Å². The van der Waals surface area contributed by atoms with Gasteiger partial charge in [-0.05, 0) is 68.9 Å². The molecule has 9 heteroatoms. The van der Waals surface area contributed by atoms with Gasteiger partial charge in [-0.2, -0.15) is 0 Å². The van der Waals surface area contributed by atoms with Gasteiger partial charge in [-0.25, -0.2) is 4.79 Å². The van der Waals surface area contributed by atoms with Gasteiger partial charge in [0.05, 0.1) is 16.6 Å². The second kappa shape index (κ2) is 10.1. The van der Waals surface area contributed by atoms with Gasteiger partial charge >= 0.3 is 11.9 Å². The molecule has 32 heavy (non-hydrogen) atoms. The number of ether oxygens (including phenoxy) is 2. The molecule has 1 aliphatic rings. The Labute approximate surface area is 197 Å². The van der Waals surface area contributed by atoms with Crippen LogP contribution in [0.25, 0.3) is 6.08 Å². The van der Waals surface area contributed by atoms with Crippen LogP contribution in [0.1, 0.15) is 35.3 Å². The average molecular weight is 518 g/mol. The van der Waals surface area contributed by atoms with E-state index in [1.807, 2.05) is 6.92 Å². The first-order chi connectivity index (χ1) is 15.1. The van der Waals surface area contributed by atoms with Crippen molar-refractivity contribution in [2.45, 2.75) is 26.9 Å². The fourth-order valence-electron chi connectivity index (χ4n) is 2.78. The molecule has 2 aromatic carbocycles. The molecule has 0 aliphatic carbocycles. The summed E-state index contributed by atoms with van der Waals surface area (Å²) in [6.07, 6.45) is 1.10. The molecule has 1 fully saturated rings. The molecule has 0 aromatic heterocycles.